The number of anilines is 2. The van der Waals surface area contributed by atoms with Gasteiger partial charge in [-0.2, -0.15) is 4.98 Å². The maximum atomic E-state index is 13.1. The lowest BCUT2D eigenvalue weighted by atomic mass is 9.78. The number of methoxy groups -OCH3 is 1. The van der Waals surface area contributed by atoms with Crippen LogP contribution in [0.4, 0.5) is 11.8 Å². The van der Waals surface area contributed by atoms with E-state index in [1.165, 1.54) is 11.3 Å². The third kappa shape index (κ3) is 2.92. The molecule has 0 aromatic carbocycles. The summed E-state index contributed by atoms with van der Waals surface area (Å²) in [6.07, 6.45) is 6.17. The smallest absolute Gasteiger partial charge is 0.230 e. The molecule has 1 unspecified atom stereocenters. The summed E-state index contributed by atoms with van der Waals surface area (Å²) in [5.74, 6) is 2.03. The number of aryl methyl sites for hydroxylation is 1. The summed E-state index contributed by atoms with van der Waals surface area (Å²) in [4.78, 5) is 27.0. The van der Waals surface area contributed by atoms with Gasteiger partial charge in [-0.25, -0.2) is 4.98 Å². The molecule has 7 heteroatoms. The second-order valence-electron chi connectivity index (χ2n) is 7.74. The van der Waals surface area contributed by atoms with Crippen molar-refractivity contribution < 1.29 is 9.53 Å². The fraction of sp³-hybridized carbons (Fsp3) is 0.737. The van der Waals surface area contributed by atoms with E-state index in [2.05, 4.69) is 10.2 Å². The van der Waals surface area contributed by atoms with Crippen LogP contribution in [0.1, 0.15) is 36.9 Å². The van der Waals surface area contributed by atoms with Gasteiger partial charge in [-0.05, 0) is 38.5 Å². The van der Waals surface area contributed by atoms with Crippen LogP contribution < -0.4 is 10.2 Å². The fourth-order valence-electron chi connectivity index (χ4n) is 4.76. The third-order valence-electron chi connectivity index (χ3n) is 6.18. The number of nitrogens with zero attached hydrogens (tertiary/aromatic N) is 4. The van der Waals surface area contributed by atoms with Crippen LogP contribution in [0.2, 0.25) is 0 Å². The molecule has 0 saturated carbocycles. The number of piperidine rings is 1. The van der Waals surface area contributed by atoms with Crippen molar-refractivity contribution in [1.82, 2.24) is 14.9 Å². The zero-order chi connectivity index (χ0) is 18.1. The molecule has 2 saturated heterocycles. The van der Waals surface area contributed by atoms with Crippen molar-refractivity contribution in [2.24, 2.45) is 5.41 Å². The van der Waals surface area contributed by atoms with Crippen molar-refractivity contribution in [3.63, 3.8) is 0 Å². The Morgan fingerprint density at radius 2 is 2.08 bits per heavy atom. The van der Waals surface area contributed by atoms with E-state index in [0.717, 1.165) is 69.9 Å². The lowest BCUT2D eigenvalue weighted by Gasteiger charge is -2.39. The molecular formula is C19H29N5O2. The molecule has 1 spiro atoms. The molecule has 1 atom stereocenters. The lowest BCUT2D eigenvalue weighted by molar-refractivity contribution is -0.145. The molecule has 1 N–H and O–H groups in total. The molecule has 4 rings (SSSR count). The van der Waals surface area contributed by atoms with Crippen LogP contribution >= 0.6 is 0 Å². The number of fused-ring (bicyclic) bond motifs is 1. The third-order valence-corrected chi connectivity index (χ3v) is 6.18. The Hall–Kier alpha value is -1.89. The Kier molecular flexibility index (Phi) is 4.73. The Bertz CT molecular complexity index is 695. The van der Waals surface area contributed by atoms with Gasteiger partial charge in [0, 0.05) is 45.9 Å². The first-order chi connectivity index (χ1) is 12.7. The number of hydrogen-bond donors (Lipinski definition) is 1. The van der Waals surface area contributed by atoms with Gasteiger partial charge in [0.25, 0.3) is 0 Å². The molecule has 3 heterocycles. The predicted molar refractivity (Wildman–Crippen MR) is 101 cm³/mol. The first-order valence-electron chi connectivity index (χ1n) is 9.78. The Morgan fingerprint density at radius 1 is 1.19 bits per heavy atom. The molecule has 0 radical (unpaired) electrons. The van der Waals surface area contributed by atoms with Crippen LogP contribution in [0.3, 0.4) is 0 Å². The summed E-state index contributed by atoms with van der Waals surface area (Å²) in [7, 11) is 3.61. The molecule has 142 valence electrons. The largest absolute Gasteiger partial charge is 0.383 e. The molecule has 3 aliphatic rings. The summed E-state index contributed by atoms with van der Waals surface area (Å²) < 4.78 is 5.17. The molecule has 0 bridgehead atoms. The molecule has 26 heavy (non-hydrogen) atoms. The van der Waals surface area contributed by atoms with E-state index < -0.39 is 0 Å². The number of amides is 1. The molecular weight excluding hydrogens is 330 g/mol. The summed E-state index contributed by atoms with van der Waals surface area (Å²) in [5, 5.41) is 3.23. The quantitative estimate of drug-likeness (QED) is 0.859. The number of ether oxygens (including phenoxy) is 1. The molecule has 1 aromatic rings. The van der Waals surface area contributed by atoms with Crippen molar-refractivity contribution in [3.05, 3.63) is 11.3 Å². The van der Waals surface area contributed by atoms with Gasteiger partial charge in [-0.3, -0.25) is 4.79 Å². The minimum absolute atomic E-state index is 0.270. The van der Waals surface area contributed by atoms with Gasteiger partial charge in [0.2, 0.25) is 11.9 Å². The Morgan fingerprint density at radius 3 is 2.88 bits per heavy atom. The maximum Gasteiger partial charge on any atom is 0.230 e. The summed E-state index contributed by atoms with van der Waals surface area (Å²) in [6.45, 7) is 3.73. The normalized spacial score (nSPS) is 25.2. The Labute approximate surface area is 155 Å². The van der Waals surface area contributed by atoms with E-state index in [9.17, 15) is 4.79 Å². The Balaban J connectivity index is 1.54. The number of carbonyl (C=O) groups excluding carboxylic acids is 1. The average Bonchev–Trinajstić information content (AvgIpc) is 3.30. The zero-order valence-corrected chi connectivity index (χ0v) is 15.9. The molecule has 1 amide bonds. The number of nitrogens with one attached hydrogen (secondary N) is 1. The maximum absolute atomic E-state index is 13.1. The SMILES string of the molecule is CNc1nc(N2CCC3(CCCN(CCOC)C3=O)C2)nc2c1CCC2. The van der Waals surface area contributed by atoms with E-state index in [0.29, 0.717) is 19.1 Å². The number of aromatic nitrogens is 2. The van der Waals surface area contributed by atoms with Gasteiger partial charge < -0.3 is 19.9 Å². The van der Waals surface area contributed by atoms with Gasteiger partial charge in [0.1, 0.15) is 5.82 Å². The van der Waals surface area contributed by atoms with Crippen molar-refractivity contribution in [2.75, 3.05) is 57.2 Å². The standard InChI is InChI=1S/C19H29N5O2/c1-20-16-14-5-3-6-15(14)21-18(22-16)24-10-8-19(13-24)7-4-9-23(17(19)25)11-12-26-2/h3-13H2,1-2H3,(H,20,21,22). The van der Waals surface area contributed by atoms with E-state index in [-0.39, 0.29) is 5.41 Å². The van der Waals surface area contributed by atoms with Crippen LogP contribution in [0.5, 0.6) is 0 Å². The monoisotopic (exact) mass is 359 g/mol. The highest BCUT2D eigenvalue weighted by Crippen LogP contribution is 2.41. The van der Waals surface area contributed by atoms with E-state index in [4.69, 9.17) is 14.7 Å². The van der Waals surface area contributed by atoms with Gasteiger partial charge in [-0.1, -0.05) is 0 Å². The first kappa shape index (κ1) is 17.5. The summed E-state index contributed by atoms with van der Waals surface area (Å²) in [6, 6.07) is 0. The molecule has 2 fully saturated rings. The first-order valence-corrected chi connectivity index (χ1v) is 9.78. The van der Waals surface area contributed by atoms with Crippen molar-refractivity contribution in [3.8, 4) is 0 Å². The van der Waals surface area contributed by atoms with Crippen molar-refractivity contribution >= 4 is 17.7 Å². The lowest BCUT2D eigenvalue weighted by Crippen LogP contribution is -2.51. The summed E-state index contributed by atoms with van der Waals surface area (Å²) in [5.41, 5.74) is 2.18. The molecule has 1 aromatic heterocycles. The number of rotatable bonds is 5. The highest BCUT2D eigenvalue weighted by Gasteiger charge is 2.48. The van der Waals surface area contributed by atoms with Gasteiger partial charge >= 0.3 is 0 Å². The molecule has 7 nitrogen and oxygen atoms in total. The highest BCUT2D eigenvalue weighted by molar-refractivity contribution is 5.85. The minimum Gasteiger partial charge on any atom is -0.383 e. The number of hydrogen-bond acceptors (Lipinski definition) is 6. The van der Waals surface area contributed by atoms with Crippen molar-refractivity contribution in [1.29, 1.82) is 0 Å². The van der Waals surface area contributed by atoms with E-state index in [1.807, 2.05) is 11.9 Å². The molecule has 1 aliphatic carbocycles. The van der Waals surface area contributed by atoms with E-state index in [1.54, 1.807) is 7.11 Å². The highest BCUT2D eigenvalue weighted by atomic mass is 16.5. The van der Waals surface area contributed by atoms with Gasteiger partial charge in [-0.15, -0.1) is 0 Å². The minimum atomic E-state index is -0.270. The van der Waals surface area contributed by atoms with Crippen LogP contribution in [0, 0.1) is 5.41 Å². The van der Waals surface area contributed by atoms with E-state index >= 15 is 0 Å². The van der Waals surface area contributed by atoms with Gasteiger partial charge in [0.15, 0.2) is 0 Å². The number of carbonyl (C=O) groups is 1. The zero-order valence-electron chi connectivity index (χ0n) is 15.9. The van der Waals surface area contributed by atoms with Gasteiger partial charge in [0.05, 0.1) is 17.7 Å². The van der Waals surface area contributed by atoms with Crippen LogP contribution in [0.25, 0.3) is 0 Å². The van der Waals surface area contributed by atoms with Crippen LogP contribution in [0.15, 0.2) is 0 Å². The predicted octanol–water partition coefficient (Wildman–Crippen LogP) is 1.47. The van der Waals surface area contributed by atoms with Crippen molar-refractivity contribution in [2.45, 2.75) is 38.5 Å². The second kappa shape index (κ2) is 7.02. The molecule has 2 aliphatic heterocycles. The fourth-order valence-corrected chi connectivity index (χ4v) is 4.76. The van der Waals surface area contributed by atoms with Crippen LogP contribution in [-0.2, 0) is 22.4 Å². The average molecular weight is 359 g/mol. The number of likely N-dealkylation sites (tertiary alicyclic amines) is 1. The topological polar surface area (TPSA) is 70.6 Å². The van der Waals surface area contributed by atoms with Crippen LogP contribution in [-0.4, -0.2) is 67.7 Å². The second-order valence-corrected chi connectivity index (χ2v) is 7.74. The summed E-state index contributed by atoms with van der Waals surface area (Å²) >= 11 is 0.